The molecule has 2 atom stereocenters. The van der Waals surface area contributed by atoms with Crippen LogP contribution in [0.15, 0.2) is 65.3 Å². The molecule has 1 fully saturated rings. The summed E-state index contributed by atoms with van der Waals surface area (Å²) < 4.78 is 59.3. The number of rotatable bonds is 8. The van der Waals surface area contributed by atoms with Gasteiger partial charge < -0.3 is 13.9 Å². The number of methoxy groups -OCH3 is 2. The van der Waals surface area contributed by atoms with Crippen LogP contribution in [0.1, 0.15) is 43.0 Å². The Morgan fingerprint density at radius 1 is 1.00 bits per heavy atom. The van der Waals surface area contributed by atoms with Crippen LogP contribution in [0, 0.1) is 5.82 Å². The van der Waals surface area contributed by atoms with Gasteiger partial charge in [-0.25, -0.2) is 12.8 Å². The second kappa shape index (κ2) is 10.4. The molecule has 2 aromatic carbocycles. The lowest BCUT2D eigenvalue weighted by atomic mass is 9.84. The molecule has 0 unspecified atom stereocenters. The maximum atomic E-state index is 13.7. The van der Waals surface area contributed by atoms with E-state index in [9.17, 15) is 12.8 Å². The van der Waals surface area contributed by atoms with Crippen molar-refractivity contribution in [1.82, 2.24) is 14.8 Å². The maximum Gasteiger partial charge on any atom is 0.204 e. The molecule has 1 aliphatic rings. The number of furan rings is 1. The molecule has 5 rings (SSSR count). The maximum absolute atomic E-state index is 13.7. The van der Waals surface area contributed by atoms with Crippen LogP contribution >= 0.6 is 0 Å². The first-order valence-corrected chi connectivity index (χ1v) is 13.8. The Morgan fingerprint density at radius 2 is 1.73 bits per heavy atom. The molecule has 0 aliphatic heterocycles. The monoisotopic (exact) mass is 525 g/mol. The highest BCUT2D eigenvalue weighted by Crippen LogP contribution is 2.39. The second-order valence-corrected chi connectivity index (χ2v) is 11.4. The Balaban J connectivity index is 1.52. The number of hydrogen-bond acceptors (Lipinski definition) is 7. The molecule has 0 spiro atoms. The molecule has 0 N–H and O–H groups in total. The molecule has 1 aliphatic carbocycles. The summed E-state index contributed by atoms with van der Waals surface area (Å²) >= 11 is 0. The molecule has 0 saturated heterocycles. The topological polar surface area (TPSA) is 96.5 Å². The van der Waals surface area contributed by atoms with Crippen LogP contribution in [0.25, 0.3) is 17.3 Å². The van der Waals surface area contributed by atoms with E-state index in [1.54, 1.807) is 47.0 Å². The highest BCUT2D eigenvalue weighted by atomic mass is 32.2. The van der Waals surface area contributed by atoms with Crippen LogP contribution in [0.3, 0.4) is 0 Å². The van der Waals surface area contributed by atoms with Gasteiger partial charge >= 0.3 is 0 Å². The predicted octanol–water partition coefficient (Wildman–Crippen LogP) is 5.32. The van der Waals surface area contributed by atoms with Gasteiger partial charge in [0.05, 0.1) is 25.7 Å². The minimum Gasteiger partial charge on any atom is -0.494 e. The normalized spacial score (nSPS) is 18.0. The molecule has 0 bridgehead atoms. The van der Waals surface area contributed by atoms with E-state index in [4.69, 9.17) is 13.9 Å². The van der Waals surface area contributed by atoms with Crippen molar-refractivity contribution < 1.29 is 26.7 Å². The average Bonchev–Trinajstić information content (AvgIpc) is 3.58. The number of halogens is 1. The third kappa shape index (κ3) is 4.98. The quantitative estimate of drug-likeness (QED) is 0.307. The van der Waals surface area contributed by atoms with Gasteiger partial charge in [-0.3, -0.25) is 4.57 Å². The van der Waals surface area contributed by atoms with Gasteiger partial charge in [0.15, 0.2) is 21.4 Å². The summed E-state index contributed by atoms with van der Waals surface area (Å²) in [5.74, 6) is 1.38. The highest BCUT2D eigenvalue weighted by Gasteiger charge is 2.35. The van der Waals surface area contributed by atoms with Gasteiger partial charge in [-0.05, 0) is 67.1 Å². The minimum atomic E-state index is -3.62. The zero-order valence-electron chi connectivity index (χ0n) is 20.6. The largest absolute Gasteiger partial charge is 0.494 e. The van der Waals surface area contributed by atoms with E-state index in [-0.39, 0.29) is 23.3 Å². The molecule has 2 aromatic heterocycles. The number of ether oxygens (including phenoxy) is 2. The Kier molecular flexibility index (Phi) is 7.01. The van der Waals surface area contributed by atoms with Crippen molar-refractivity contribution in [2.45, 2.75) is 42.6 Å². The second-order valence-electron chi connectivity index (χ2n) is 9.11. The number of sulfone groups is 1. The van der Waals surface area contributed by atoms with Crippen LogP contribution in [0.4, 0.5) is 4.39 Å². The lowest BCUT2D eigenvalue weighted by Gasteiger charge is -2.29. The van der Waals surface area contributed by atoms with Crippen LogP contribution < -0.4 is 9.47 Å². The molecular formula is C27H28FN3O5S. The van der Waals surface area contributed by atoms with Gasteiger partial charge in [0.25, 0.3) is 0 Å². The number of aromatic nitrogens is 3. The van der Waals surface area contributed by atoms with Crippen molar-refractivity contribution in [3.63, 3.8) is 0 Å². The molecule has 10 heteroatoms. The fraction of sp³-hybridized carbons (Fsp3) is 0.333. The molecule has 0 amide bonds. The van der Waals surface area contributed by atoms with Gasteiger partial charge in [-0.15, -0.1) is 10.2 Å². The number of para-hydroxylation sites is 1. The van der Waals surface area contributed by atoms with Gasteiger partial charge in [-0.2, -0.15) is 0 Å². The van der Waals surface area contributed by atoms with Gasteiger partial charge in [0.2, 0.25) is 5.82 Å². The first-order chi connectivity index (χ1) is 17.9. The lowest BCUT2D eigenvalue weighted by Crippen LogP contribution is -2.29. The molecule has 4 aromatic rings. The summed E-state index contributed by atoms with van der Waals surface area (Å²) in [6.45, 7) is 0. The molecule has 1 saturated carbocycles. The van der Waals surface area contributed by atoms with Gasteiger partial charge in [-0.1, -0.05) is 24.6 Å². The standard InChI is InChI=1S/C27H28FN3O5S/c1-34-22-8-4-9-23(35-2)26(22)31-25(29-30-27(31)24-10-5-15-36-24)17-37(32,33)21-7-3-6-19(16-21)18-11-13-20(28)14-12-18/h4-5,8-15,19,21H,3,6-7,16-17H2,1-2H3/t19-,21-/m1/s1. The average molecular weight is 526 g/mol. The Labute approximate surface area is 215 Å². The van der Waals surface area contributed by atoms with Crippen LogP contribution in [0.5, 0.6) is 11.5 Å². The number of benzene rings is 2. The van der Waals surface area contributed by atoms with Gasteiger partial charge in [0, 0.05) is 0 Å². The summed E-state index contributed by atoms with van der Waals surface area (Å²) in [6.07, 6.45) is 4.20. The Bertz CT molecular complexity index is 1440. The summed E-state index contributed by atoms with van der Waals surface area (Å²) in [5, 5.41) is 8.03. The zero-order valence-corrected chi connectivity index (χ0v) is 21.4. The molecule has 37 heavy (non-hydrogen) atoms. The van der Waals surface area contributed by atoms with E-state index in [0.717, 1.165) is 18.4 Å². The third-order valence-corrected chi connectivity index (χ3v) is 9.01. The predicted molar refractivity (Wildman–Crippen MR) is 136 cm³/mol. The van der Waals surface area contributed by atoms with E-state index in [1.165, 1.54) is 32.6 Å². The highest BCUT2D eigenvalue weighted by molar-refractivity contribution is 7.91. The summed E-state index contributed by atoms with van der Waals surface area (Å²) in [6, 6.07) is 15.1. The van der Waals surface area contributed by atoms with E-state index >= 15 is 0 Å². The van der Waals surface area contributed by atoms with Crippen molar-refractivity contribution in [3.05, 3.63) is 78.1 Å². The third-order valence-electron chi connectivity index (χ3n) is 6.90. The molecular weight excluding hydrogens is 497 g/mol. The van der Waals surface area contributed by atoms with Crippen LogP contribution in [-0.2, 0) is 15.6 Å². The SMILES string of the molecule is COc1cccc(OC)c1-n1c(CS(=O)(=O)[C@@H]2CCC[C@@H](c3ccc(F)cc3)C2)nnc1-c1ccco1. The van der Waals surface area contributed by atoms with Gasteiger partial charge in [0.1, 0.15) is 28.8 Å². The van der Waals surface area contributed by atoms with E-state index in [2.05, 4.69) is 10.2 Å². The van der Waals surface area contributed by atoms with Crippen molar-refractivity contribution in [3.8, 4) is 28.8 Å². The fourth-order valence-corrected chi connectivity index (χ4v) is 6.90. The zero-order chi connectivity index (χ0) is 26.0. The van der Waals surface area contributed by atoms with Crippen molar-refractivity contribution in [2.24, 2.45) is 0 Å². The van der Waals surface area contributed by atoms with E-state index < -0.39 is 15.1 Å². The van der Waals surface area contributed by atoms with Crippen LogP contribution in [-0.4, -0.2) is 42.7 Å². The summed E-state index contributed by atoms with van der Waals surface area (Å²) in [7, 11) is -0.558. The molecule has 8 nitrogen and oxygen atoms in total. The Hall–Kier alpha value is -3.66. The van der Waals surface area contributed by atoms with Crippen LogP contribution in [0.2, 0.25) is 0 Å². The first kappa shape index (κ1) is 25.0. The van der Waals surface area contributed by atoms with E-state index in [0.29, 0.717) is 41.6 Å². The van der Waals surface area contributed by atoms with Crippen molar-refractivity contribution in [2.75, 3.05) is 14.2 Å². The number of nitrogens with zero attached hydrogens (tertiary/aromatic N) is 3. The molecule has 194 valence electrons. The van der Waals surface area contributed by atoms with Crippen molar-refractivity contribution >= 4 is 9.84 Å². The smallest absolute Gasteiger partial charge is 0.204 e. The Morgan fingerprint density at radius 3 is 2.38 bits per heavy atom. The fourth-order valence-electron chi connectivity index (χ4n) is 5.07. The summed E-state index contributed by atoms with van der Waals surface area (Å²) in [4.78, 5) is 0. The molecule has 0 radical (unpaired) electrons. The lowest BCUT2D eigenvalue weighted by molar-refractivity contribution is 0.390. The van der Waals surface area contributed by atoms with Crippen molar-refractivity contribution in [1.29, 1.82) is 0 Å². The van der Waals surface area contributed by atoms with E-state index in [1.807, 2.05) is 0 Å². The first-order valence-electron chi connectivity index (χ1n) is 12.1. The molecule has 2 heterocycles. The minimum absolute atomic E-state index is 0.0555. The summed E-state index contributed by atoms with van der Waals surface area (Å²) in [5.41, 5.74) is 1.45. The number of hydrogen-bond donors (Lipinski definition) is 0.